The second kappa shape index (κ2) is 6.24. The Hall–Kier alpha value is -1.77. The lowest BCUT2D eigenvalue weighted by Gasteiger charge is -2.09. The van der Waals surface area contributed by atoms with Gasteiger partial charge in [-0.2, -0.15) is 0 Å². The average molecular weight is 245 g/mol. The Balaban J connectivity index is 1.86. The van der Waals surface area contributed by atoms with Crippen molar-refractivity contribution in [1.29, 1.82) is 0 Å². The number of hydrogen-bond donors (Lipinski definition) is 1. The average Bonchev–Trinajstić information content (AvgIpc) is 2.90. The van der Waals surface area contributed by atoms with Gasteiger partial charge in [-0.3, -0.25) is 4.79 Å². The van der Waals surface area contributed by atoms with Crippen LogP contribution in [0, 0.1) is 0 Å². The predicted octanol–water partition coefficient (Wildman–Crippen LogP) is 2.77. The van der Waals surface area contributed by atoms with E-state index in [9.17, 15) is 4.79 Å². The van der Waals surface area contributed by atoms with Crippen LogP contribution in [0.25, 0.3) is 6.08 Å². The number of carbonyl (C=O) groups is 1. The van der Waals surface area contributed by atoms with Crippen molar-refractivity contribution < 1.29 is 9.53 Å². The van der Waals surface area contributed by atoms with Gasteiger partial charge in [-0.1, -0.05) is 25.0 Å². The third kappa shape index (κ3) is 3.62. The number of benzene rings is 1. The number of ether oxygens (including phenoxy) is 1. The molecule has 0 atom stereocenters. The second-order valence-corrected chi connectivity index (χ2v) is 4.60. The van der Waals surface area contributed by atoms with E-state index >= 15 is 0 Å². The molecule has 1 amide bonds. The predicted molar refractivity (Wildman–Crippen MR) is 72.4 cm³/mol. The van der Waals surface area contributed by atoms with Crippen molar-refractivity contribution in [2.45, 2.75) is 31.7 Å². The van der Waals surface area contributed by atoms with Crippen LogP contribution in [-0.2, 0) is 4.79 Å². The number of hydrogen-bond acceptors (Lipinski definition) is 2. The number of rotatable bonds is 4. The number of nitrogens with one attached hydrogen (secondary N) is 1. The van der Waals surface area contributed by atoms with Gasteiger partial charge in [-0.25, -0.2) is 0 Å². The molecule has 1 aliphatic rings. The van der Waals surface area contributed by atoms with Crippen molar-refractivity contribution in [1.82, 2.24) is 5.32 Å². The molecule has 1 fully saturated rings. The third-order valence-corrected chi connectivity index (χ3v) is 3.24. The Morgan fingerprint density at radius 1 is 1.28 bits per heavy atom. The molecule has 0 saturated heterocycles. The summed E-state index contributed by atoms with van der Waals surface area (Å²) in [6, 6.07) is 8.00. The van der Waals surface area contributed by atoms with Gasteiger partial charge >= 0.3 is 0 Å². The van der Waals surface area contributed by atoms with Crippen LogP contribution in [0.15, 0.2) is 30.3 Å². The second-order valence-electron chi connectivity index (χ2n) is 4.60. The normalized spacial score (nSPS) is 16.1. The molecule has 0 aliphatic heterocycles. The van der Waals surface area contributed by atoms with Gasteiger partial charge in [-0.15, -0.1) is 0 Å². The molecular weight excluding hydrogens is 226 g/mol. The van der Waals surface area contributed by atoms with Gasteiger partial charge in [0.25, 0.3) is 0 Å². The van der Waals surface area contributed by atoms with Gasteiger partial charge in [0.2, 0.25) is 5.91 Å². The molecular formula is C15H19NO2. The van der Waals surface area contributed by atoms with Crippen LogP contribution in [-0.4, -0.2) is 19.1 Å². The van der Waals surface area contributed by atoms with Gasteiger partial charge in [0.15, 0.2) is 0 Å². The lowest BCUT2D eigenvalue weighted by molar-refractivity contribution is -0.117. The van der Waals surface area contributed by atoms with Crippen molar-refractivity contribution in [2.24, 2.45) is 0 Å². The Morgan fingerprint density at radius 3 is 2.56 bits per heavy atom. The van der Waals surface area contributed by atoms with Crippen LogP contribution >= 0.6 is 0 Å². The minimum atomic E-state index is -0.00211. The van der Waals surface area contributed by atoms with Crippen molar-refractivity contribution in [2.75, 3.05) is 7.11 Å². The smallest absolute Gasteiger partial charge is 0.244 e. The van der Waals surface area contributed by atoms with E-state index in [0.29, 0.717) is 6.04 Å². The van der Waals surface area contributed by atoms with Gasteiger partial charge in [-0.05, 0) is 36.6 Å². The fourth-order valence-electron chi connectivity index (χ4n) is 2.21. The molecule has 0 heterocycles. The zero-order valence-corrected chi connectivity index (χ0v) is 10.7. The number of methoxy groups -OCH3 is 1. The van der Waals surface area contributed by atoms with E-state index in [1.807, 2.05) is 30.3 Å². The molecule has 1 aliphatic carbocycles. The fraction of sp³-hybridized carbons (Fsp3) is 0.400. The highest BCUT2D eigenvalue weighted by atomic mass is 16.5. The number of carbonyl (C=O) groups excluding carboxylic acids is 1. The summed E-state index contributed by atoms with van der Waals surface area (Å²) in [5, 5.41) is 3.02. The van der Waals surface area contributed by atoms with Gasteiger partial charge < -0.3 is 10.1 Å². The molecule has 0 bridgehead atoms. The monoisotopic (exact) mass is 245 g/mol. The summed E-state index contributed by atoms with van der Waals surface area (Å²) in [5.41, 5.74) is 0.998. The van der Waals surface area contributed by atoms with E-state index in [0.717, 1.165) is 24.2 Å². The molecule has 3 heteroatoms. The lowest BCUT2D eigenvalue weighted by atomic mass is 10.2. The van der Waals surface area contributed by atoms with E-state index in [2.05, 4.69) is 5.32 Å². The molecule has 1 aromatic rings. The summed E-state index contributed by atoms with van der Waals surface area (Å²) < 4.78 is 5.08. The molecule has 1 N–H and O–H groups in total. The first-order valence-electron chi connectivity index (χ1n) is 6.40. The van der Waals surface area contributed by atoms with E-state index in [-0.39, 0.29) is 5.91 Å². The van der Waals surface area contributed by atoms with Crippen LogP contribution < -0.4 is 10.1 Å². The van der Waals surface area contributed by atoms with Crippen LogP contribution in [0.5, 0.6) is 5.75 Å². The van der Waals surface area contributed by atoms with Crippen molar-refractivity contribution in [3.8, 4) is 5.75 Å². The highest BCUT2D eigenvalue weighted by Crippen LogP contribution is 2.17. The van der Waals surface area contributed by atoms with Crippen molar-refractivity contribution >= 4 is 12.0 Å². The van der Waals surface area contributed by atoms with Crippen LogP contribution in [0.4, 0.5) is 0 Å². The van der Waals surface area contributed by atoms with E-state index < -0.39 is 0 Å². The minimum absolute atomic E-state index is 0.00211. The molecule has 2 rings (SSSR count). The van der Waals surface area contributed by atoms with E-state index in [1.165, 1.54) is 12.8 Å². The topological polar surface area (TPSA) is 38.3 Å². The summed E-state index contributed by atoms with van der Waals surface area (Å²) >= 11 is 0. The Bertz CT molecular complexity index is 417. The van der Waals surface area contributed by atoms with Crippen LogP contribution in [0.3, 0.4) is 0 Å². The fourth-order valence-corrected chi connectivity index (χ4v) is 2.21. The molecule has 96 valence electrons. The first-order valence-corrected chi connectivity index (χ1v) is 6.40. The highest BCUT2D eigenvalue weighted by molar-refractivity contribution is 5.91. The molecule has 0 radical (unpaired) electrons. The highest BCUT2D eigenvalue weighted by Gasteiger charge is 2.15. The summed E-state index contributed by atoms with van der Waals surface area (Å²) in [6.45, 7) is 0. The molecule has 0 unspecified atom stereocenters. The van der Waals surface area contributed by atoms with Crippen molar-refractivity contribution in [3.63, 3.8) is 0 Å². The van der Waals surface area contributed by atoms with E-state index in [1.54, 1.807) is 13.2 Å². The zero-order valence-electron chi connectivity index (χ0n) is 10.7. The maximum Gasteiger partial charge on any atom is 0.244 e. The van der Waals surface area contributed by atoms with Crippen molar-refractivity contribution in [3.05, 3.63) is 35.9 Å². The summed E-state index contributed by atoms with van der Waals surface area (Å²) in [6.07, 6.45) is 8.11. The quantitative estimate of drug-likeness (QED) is 0.828. The molecule has 0 spiro atoms. The maximum atomic E-state index is 11.7. The standard InChI is InChI=1S/C15H19NO2/c1-18-14-9-6-12(7-10-14)8-11-15(17)16-13-4-2-3-5-13/h6-11,13H,2-5H2,1H3,(H,16,17). The zero-order chi connectivity index (χ0) is 12.8. The van der Waals surface area contributed by atoms with Gasteiger partial charge in [0, 0.05) is 12.1 Å². The van der Waals surface area contributed by atoms with E-state index in [4.69, 9.17) is 4.74 Å². The minimum Gasteiger partial charge on any atom is -0.497 e. The first kappa shape index (κ1) is 12.7. The Morgan fingerprint density at radius 2 is 1.94 bits per heavy atom. The molecule has 1 aromatic carbocycles. The summed E-state index contributed by atoms with van der Waals surface area (Å²) in [7, 11) is 1.64. The largest absolute Gasteiger partial charge is 0.497 e. The lowest BCUT2D eigenvalue weighted by Crippen LogP contribution is -2.30. The first-order chi connectivity index (χ1) is 8.78. The molecule has 18 heavy (non-hydrogen) atoms. The third-order valence-electron chi connectivity index (χ3n) is 3.24. The molecule has 0 aromatic heterocycles. The maximum absolute atomic E-state index is 11.7. The van der Waals surface area contributed by atoms with Gasteiger partial charge in [0.05, 0.1) is 7.11 Å². The number of amides is 1. The van der Waals surface area contributed by atoms with Gasteiger partial charge in [0.1, 0.15) is 5.75 Å². The summed E-state index contributed by atoms with van der Waals surface area (Å²) in [4.78, 5) is 11.7. The summed E-state index contributed by atoms with van der Waals surface area (Å²) in [5.74, 6) is 0.820. The SMILES string of the molecule is COc1ccc(C=CC(=O)NC2CCCC2)cc1. The molecule has 3 nitrogen and oxygen atoms in total. The van der Waals surface area contributed by atoms with Crippen LogP contribution in [0.1, 0.15) is 31.2 Å². The molecule has 1 saturated carbocycles. The van der Waals surface area contributed by atoms with Crippen LogP contribution in [0.2, 0.25) is 0 Å². The Kier molecular flexibility index (Phi) is 4.40. The Labute approximate surface area is 108 Å².